The van der Waals surface area contributed by atoms with E-state index >= 15 is 0 Å². The van der Waals surface area contributed by atoms with E-state index in [9.17, 15) is 14.7 Å². The molecule has 0 saturated heterocycles. The number of hydrogen-bond acceptors (Lipinski definition) is 5. The highest BCUT2D eigenvalue weighted by Crippen LogP contribution is 2.04. The first kappa shape index (κ1) is 16.9. The Hall–Kier alpha value is -2.16. The number of carboxylic acids is 1. The number of aromatic carboxylic acids is 1. The van der Waals surface area contributed by atoms with Crippen LogP contribution in [0.4, 0.5) is 4.79 Å². The predicted octanol–water partition coefficient (Wildman–Crippen LogP) is -0.221. The van der Waals surface area contributed by atoms with E-state index in [1.165, 1.54) is 15.8 Å². The standard InChI is InChI=1S/C12H21N5O4/c1-4-16(8-12(2,3)21)11(20)13-5-6-17-7-9(10(18)19)14-15-17/h7,21H,4-6,8H2,1-3H3,(H,13,20)(H,18,19). The van der Waals surface area contributed by atoms with Crippen LogP contribution in [-0.4, -0.2) is 67.3 Å². The summed E-state index contributed by atoms with van der Waals surface area (Å²) >= 11 is 0. The van der Waals surface area contributed by atoms with Crippen LogP contribution in [0.3, 0.4) is 0 Å². The van der Waals surface area contributed by atoms with Gasteiger partial charge in [-0.25, -0.2) is 14.3 Å². The third kappa shape index (κ3) is 5.78. The SMILES string of the molecule is CCN(CC(C)(C)O)C(=O)NCCn1cc(C(=O)O)nn1. The molecule has 1 aromatic rings. The van der Waals surface area contributed by atoms with Gasteiger partial charge in [-0.1, -0.05) is 5.21 Å². The Bertz CT molecular complexity index is 494. The average molecular weight is 299 g/mol. The minimum Gasteiger partial charge on any atom is -0.476 e. The minimum absolute atomic E-state index is 0.140. The lowest BCUT2D eigenvalue weighted by atomic mass is 10.1. The Morgan fingerprint density at radius 1 is 1.48 bits per heavy atom. The molecule has 2 amide bonds. The average Bonchev–Trinajstić information content (AvgIpc) is 2.83. The number of likely N-dealkylation sites (N-methyl/N-ethyl adjacent to an activating group) is 1. The number of nitrogens with one attached hydrogen (secondary N) is 1. The summed E-state index contributed by atoms with van der Waals surface area (Å²) in [4.78, 5) is 24.1. The van der Waals surface area contributed by atoms with Gasteiger partial charge in [0, 0.05) is 13.1 Å². The summed E-state index contributed by atoms with van der Waals surface area (Å²) in [6, 6.07) is -0.293. The van der Waals surface area contributed by atoms with Gasteiger partial charge in [0.2, 0.25) is 0 Å². The van der Waals surface area contributed by atoms with Crippen molar-refractivity contribution in [2.24, 2.45) is 0 Å². The van der Waals surface area contributed by atoms with Gasteiger partial charge in [0.1, 0.15) is 0 Å². The van der Waals surface area contributed by atoms with Gasteiger partial charge in [-0.2, -0.15) is 0 Å². The number of nitrogens with zero attached hydrogens (tertiary/aromatic N) is 4. The third-order valence-electron chi connectivity index (χ3n) is 2.62. The number of rotatable bonds is 7. The first-order chi connectivity index (χ1) is 9.73. The molecule has 0 fully saturated rings. The van der Waals surface area contributed by atoms with E-state index in [1.807, 2.05) is 6.92 Å². The van der Waals surface area contributed by atoms with Gasteiger partial charge in [-0.3, -0.25) is 0 Å². The van der Waals surface area contributed by atoms with Crippen LogP contribution in [0.2, 0.25) is 0 Å². The zero-order valence-corrected chi connectivity index (χ0v) is 12.4. The highest BCUT2D eigenvalue weighted by atomic mass is 16.4. The lowest BCUT2D eigenvalue weighted by Crippen LogP contribution is -2.47. The molecule has 0 unspecified atom stereocenters. The molecule has 3 N–H and O–H groups in total. The lowest BCUT2D eigenvalue weighted by Gasteiger charge is -2.28. The van der Waals surface area contributed by atoms with Crippen LogP contribution in [0, 0.1) is 0 Å². The molecule has 1 rings (SSSR count). The molecular weight excluding hydrogens is 278 g/mol. The lowest BCUT2D eigenvalue weighted by molar-refractivity contribution is 0.0480. The number of aromatic nitrogens is 3. The molecule has 1 aromatic heterocycles. The van der Waals surface area contributed by atoms with Crippen molar-refractivity contribution >= 4 is 12.0 Å². The molecule has 0 aliphatic carbocycles. The predicted molar refractivity (Wildman–Crippen MR) is 73.9 cm³/mol. The fourth-order valence-corrected chi connectivity index (χ4v) is 1.69. The van der Waals surface area contributed by atoms with E-state index in [4.69, 9.17) is 5.11 Å². The van der Waals surface area contributed by atoms with E-state index in [0.29, 0.717) is 13.1 Å². The molecule has 0 atom stereocenters. The van der Waals surface area contributed by atoms with Gasteiger partial charge in [0.25, 0.3) is 0 Å². The number of hydrogen-bond donors (Lipinski definition) is 3. The Kier molecular flexibility index (Phi) is 5.65. The smallest absolute Gasteiger partial charge is 0.358 e. The first-order valence-corrected chi connectivity index (χ1v) is 6.61. The highest BCUT2D eigenvalue weighted by Gasteiger charge is 2.20. The van der Waals surface area contributed by atoms with E-state index in [1.54, 1.807) is 13.8 Å². The van der Waals surface area contributed by atoms with Crippen LogP contribution in [0.5, 0.6) is 0 Å². The Morgan fingerprint density at radius 2 is 2.14 bits per heavy atom. The normalized spacial score (nSPS) is 11.2. The second-order valence-electron chi connectivity index (χ2n) is 5.23. The Morgan fingerprint density at radius 3 is 2.62 bits per heavy atom. The largest absolute Gasteiger partial charge is 0.476 e. The summed E-state index contributed by atoms with van der Waals surface area (Å²) in [6.45, 7) is 6.37. The van der Waals surface area contributed by atoms with Crippen molar-refractivity contribution in [1.29, 1.82) is 0 Å². The van der Waals surface area contributed by atoms with Crippen molar-refractivity contribution in [1.82, 2.24) is 25.2 Å². The summed E-state index contributed by atoms with van der Waals surface area (Å²) in [6.07, 6.45) is 1.29. The minimum atomic E-state index is -1.15. The molecule has 0 bridgehead atoms. The van der Waals surface area contributed by atoms with E-state index in [2.05, 4.69) is 15.6 Å². The summed E-state index contributed by atoms with van der Waals surface area (Å²) in [5.41, 5.74) is -1.10. The molecular formula is C12H21N5O4. The maximum Gasteiger partial charge on any atom is 0.358 e. The van der Waals surface area contributed by atoms with Gasteiger partial charge in [0.15, 0.2) is 5.69 Å². The summed E-state index contributed by atoms with van der Waals surface area (Å²) in [5, 5.41) is 28.2. The van der Waals surface area contributed by atoms with Crippen molar-refractivity contribution in [3.05, 3.63) is 11.9 Å². The molecule has 1 heterocycles. The van der Waals surface area contributed by atoms with Crippen LogP contribution in [0.1, 0.15) is 31.3 Å². The van der Waals surface area contributed by atoms with Crippen molar-refractivity contribution in [2.45, 2.75) is 32.9 Å². The zero-order chi connectivity index (χ0) is 16.0. The number of carboxylic acid groups (broad SMARTS) is 1. The van der Waals surface area contributed by atoms with Gasteiger partial charge in [-0.05, 0) is 20.8 Å². The summed E-state index contributed by atoms with van der Waals surface area (Å²) in [7, 11) is 0. The maximum absolute atomic E-state index is 11.9. The number of amides is 2. The molecule has 0 saturated carbocycles. The second kappa shape index (κ2) is 7.02. The van der Waals surface area contributed by atoms with Crippen LogP contribution in [0.25, 0.3) is 0 Å². The zero-order valence-electron chi connectivity index (χ0n) is 12.4. The summed E-state index contributed by atoms with van der Waals surface area (Å²) < 4.78 is 1.34. The van der Waals surface area contributed by atoms with E-state index < -0.39 is 11.6 Å². The molecule has 0 aliphatic rings. The molecule has 118 valence electrons. The molecule has 0 aromatic carbocycles. The Balaban J connectivity index is 2.42. The molecule has 0 aliphatic heterocycles. The van der Waals surface area contributed by atoms with E-state index in [0.717, 1.165) is 0 Å². The number of urea groups is 1. The van der Waals surface area contributed by atoms with Crippen molar-refractivity contribution < 1.29 is 19.8 Å². The highest BCUT2D eigenvalue weighted by molar-refractivity contribution is 5.84. The van der Waals surface area contributed by atoms with E-state index in [-0.39, 0.29) is 24.8 Å². The van der Waals surface area contributed by atoms with Crippen LogP contribution < -0.4 is 5.32 Å². The van der Waals surface area contributed by atoms with Crippen molar-refractivity contribution in [2.75, 3.05) is 19.6 Å². The van der Waals surface area contributed by atoms with Gasteiger partial charge >= 0.3 is 12.0 Å². The first-order valence-electron chi connectivity index (χ1n) is 6.61. The van der Waals surface area contributed by atoms with Crippen LogP contribution in [-0.2, 0) is 6.54 Å². The van der Waals surface area contributed by atoms with Gasteiger partial charge < -0.3 is 20.4 Å². The maximum atomic E-state index is 11.9. The molecule has 21 heavy (non-hydrogen) atoms. The van der Waals surface area contributed by atoms with Crippen molar-refractivity contribution in [3.63, 3.8) is 0 Å². The van der Waals surface area contributed by atoms with Gasteiger partial charge in [0.05, 0.1) is 24.9 Å². The number of carbonyl (C=O) groups excluding carboxylic acids is 1. The fraction of sp³-hybridized carbons (Fsp3) is 0.667. The van der Waals surface area contributed by atoms with Crippen molar-refractivity contribution in [3.8, 4) is 0 Å². The van der Waals surface area contributed by atoms with Crippen LogP contribution in [0.15, 0.2) is 6.20 Å². The molecule has 0 radical (unpaired) electrons. The van der Waals surface area contributed by atoms with Crippen LogP contribution >= 0.6 is 0 Å². The monoisotopic (exact) mass is 299 g/mol. The second-order valence-corrected chi connectivity index (χ2v) is 5.23. The summed E-state index contributed by atoms with van der Waals surface area (Å²) in [5.74, 6) is -1.15. The number of aliphatic hydroxyl groups is 1. The fourth-order valence-electron chi connectivity index (χ4n) is 1.69. The molecule has 9 nitrogen and oxygen atoms in total. The molecule has 9 heteroatoms. The number of carbonyl (C=O) groups is 2. The Labute approximate surface area is 122 Å². The third-order valence-corrected chi connectivity index (χ3v) is 2.62. The van der Waals surface area contributed by atoms with Gasteiger partial charge in [-0.15, -0.1) is 5.10 Å². The molecule has 0 spiro atoms. The topological polar surface area (TPSA) is 121 Å². The quantitative estimate of drug-likeness (QED) is 0.640.